The van der Waals surface area contributed by atoms with Crippen molar-refractivity contribution in [3.05, 3.63) is 47.5 Å². The number of anilines is 1. The average molecular weight is 290 g/mol. The first-order chi connectivity index (χ1) is 9.70. The monoisotopic (exact) mass is 289 g/mol. The molecule has 2 heterocycles. The highest BCUT2D eigenvalue weighted by Crippen LogP contribution is 2.31. The fraction of sp³-hybridized carbons (Fsp3) is 0.286. The summed E-state index contributed by atoms with van der Waals surface area (Å²) < 4.78 is 2.11. The van der Waals surface area contributed by atoms with Crippen molar-refractivity contribution < 1.29 is 0 Å². The first kappa shape index (κ1) is 13.0. The molecule has 1 atom stereocenters. The number of imidazole rings is 1. The van der Waals surface area contributed by atoms with E-state index in [0.717, 1.165) is 17.9 Å². The molecule has 0 amide bonds. The quantitative estimate of drug-likeness (QED) is 0.944. The Balaban J connectivity index is 1.98. The highest BCUT2D eigenvalue weighted by Gasteiger charge is 2.30. The molecule has 0 fully saturated rings. The number of benzene rings is 1. The molecule has 2 aromatic rings. The van der Waals surface area contributed by atoms with Gasteiger partial charge in [0.25, 0.3) is 0 Å². The van der Waals surface area contributed by atoms with Gasteiger partial charge in [0.15, 0.2) is 5.96 Å². The third-order valence-electron chi connectivity index (χ3n) is 3.52. The highest BCUT2D eigenvalue weighted by atomic mass is 35.5. The number of aliphatic imine (C=N–C) groups is 1. The molecule has 1 aromatic carbocycles. The molecule has 20 heavy (non-hydrogen) atoms. The standard InChI is InChI=1S/C14H16ClN5/c1-2-19-9-17-7-12(19)13-8-18-14(16)20(13)11-5-3-10(15)4-6-11/h3-7,9,13H,2,8H2,1H3,(H2,16,18). The fourth-order valence-corrected chi connectivity index (χ4v) is 2.64. The number of halogens is 1. The van der Waals surface area contributed by atoms with Gasteiger partial charge in [0, 0.05) is 17.3 Å². The van der Waals surface area contributed by atoms with Crippen LogP contribution in [0.2, 0.25) is 5.02 Å². The predicted octanol–water partition coefficient (Wildman–Crippen LogP) is 2.43. The Morgan fingerprint density at radius 1 is 1.35 bits per heavy atom. The maximum absolute atomic E-state index is 6.05. The Bertz CT molecular complexity index is 631. The lowest BCUT2D eigenvalue weighted by Gasteiger charge is -2.26. The van der Waals surface area contributed by atoms with Gasteiger partial charge in [-0.1, -0.05) is 11.6 Å². The van der Waals surface area contributed by atoms with Gasteiger partial charge in [-0.3, -0.25) is 4.99 Å². The van der Waals surface area contributed by atoms with Crippen molar-refractivity contribution >= 4 is 23.2 Å². The number of aryl methyl sites for hydroxylation is 1. The van der Waals surface area contributed by atoms with Crippen LogP contribution < -0.4 is 10.6 Å². The van der Waals surface area contributed by atoms with Gasteiger partial charge in [-0.2, -0.15) is 0 Å². The van der Waals surface area contributed by atoms with Crippen molar-refractivity contribution in [2.75, 3.05) is 11.4 Å². The number of rotatable bonds is 3. The van der Waals surface area contributed by atoms with Crippen molar-refractivity contribution in [3.63, 3.8) is 0 Å². The Morgan fingerprint density at radius 3 is 2.80 bits per heavy atom. The van der Waals surface area contributed by atoms with Gasteiger partial charge in [-0.25, -0.2) is 4.98 Å². The van der Waals surface area contributed by atoms with Crippen LogP contribution in [0, 0.1) is 0 Å². The van der Waals surface area contributed by atoms with Gasteiger partial charge < -0.3 is 15.2 Å². The zero-order chi connectivity index (χ0) is 14.1. The fourth-order valence-electron chi connectivity index (χ4n) is 2.51. The van der Waals surface area contributed by atoms with Crippen LogP contribution in [-0.4, -0.2) is 22.1 Å². The van der Waals surface area contributed by atoms with E-state index >= 15 is 0 Å². The molecule has 1 aromatic heterocycles. The van der Waals surface area contributed by atoms with E-state index in [0.29, 0.717) is 17.5 Å². The predicted molar refractivity (Wildman–Crippen MR) is 81.1 cm³/mol. The van der Waals surface area contributed by atoms with E-state index in [4.69, 9.17) is 17.3 Å². The molecule has 0 aliphatic carbocycles. The van der Waals surface area contributed by atoms with Crippen molar-refractivity contribution in [1.82, 2.24) is 9.55 Å². The highest BCUT2D eigenvalue weighted by molar-refractivity contribution is 6.30. The molecule has 1 aliphatic rings. The summed E-state index contributed by atoms with van der Waals surface area (Å²) in [4.78, 5) is 10.6. The van der Waals surface area contributed by atoms with E-state index in [-0.39, 0.29) is 6.04 Å². The van der Waals surface area contributed by atoms with Gasteiger partial charge in [-0.05, 0) is 31.2 Å². The number of nitrogens with two attached hydrogens (primary N) is 1. The van der Waals surface area contributed by atoms with Crippen LogP contribution >= 0.6 is 11.6 Å². The molecule has 1 aliphatic heterocycles. The number of guanidine groups is 1. The molecule has 2 N–H and O–H groups in total. The topological polar surface area (TPSA) is 59.4 Å². The van der Waals surface area contributed by atoms with E-state index in [1.807, 2.05) is 41.7 Å². The summed E-state index contributed by atoms with van der Waals surface area (Å²) in [6.07, 6.45) is 3.72. The van der Waals surface area contributed by atoms with Crippen LogP contribution in [0.3, 0.4) is 0 Å². The Labute approximate surface area is 122 Å². The summed E-state index contributed by atoms with van der Waals surface area (Å²) in [5, 5.41) is 0.707. The minimum Gasteiger partial charge on any atom is -0.369 e. The van der Waals surface area contributed by atoms with Gasteiger partial charge in [0.05, 0.1) is 30.8 Å². The summed E-state index contributed by atoms with van der Waals surface area (Å²) in [5.74, 6) is 0.529. The molecule has 0 radical (unpaired) electrons. The van der Waals surface area contributed by atoms with Gasteiger partial charge >= 0.3 is 0 Å². The molecule has 0 saturated heterocycles. The van der Waals surface area contributed by atoms with E-state index in [1.54, 1.807) is 0 Å². The van der Waals surface area contributed by atoms with Crippen LogP contribution in [0.5, 0.6) is 0 Å². The Morgan fingerprint density at radius 2 is 2.10 bits per heavy atom. The number of hydrogen-bond acceptors (Lipinski definition) is 4. The molecule has 3 rings (SSSR count). The van der Waals surface area contributed by atoms with Crippen LogP contribution in [0.15, 0.2) is 41.8 Å². The largest absolute Gasteiger partial charge is 0.369 e. The summed E-state index contributed by atoms with van der Waals surface area (Å²) in [6, 6.07) is 7.71. The number of nitrogens with zero attached hydrogens (tertiary/aromatic N) is 4. The molecular formula is C14H16ClN5. The van der Waals surface area contributed by atoms with Crippen LogP contribution in [0.4, 0.5) is 5.69 Å². The minimum atomic E-state index is 0.0821. The van der Waals surface area contributed by atoms with E-state index in [1.165, 1.54) is 0 Å². The second-order valence-corrected chi connectivity index (χ2v) is 5.10. The molecule has 104 valence electrons. The van der Waals surface area contributed by atoms with Crippen LogP contribution in [0.25, 0.3) is 0 Å². The second-order valence-electron chi connectivity index (χ2n) is 4.67. The molecule has 6 heteroatoms. The lowest BCUT2D eigenvalue weighted by atomic mass is 10.1. The minimum absolute atomic E-state index is 0.0821. The van der Waals surface area contributed by atoms with Crippen molar-refractivity contribution in [2.24, 2.45) is 10.7 Å². The lowest BCUT2D eigenvalue weighted by molar-refractivity contribution is 0.643. The summed E-state index contributed by atoms with van der Waals surface area (Å²) >= 11 is 5.94. The SMILES string of the molecule is CCn1cncc1C1CN=C(N)N1c1ccc(Cl)cc1. The van der Waals surface area contributed by atoms with Crippen LogP contribution in [0.1, 0.15) is 18.7 Å². The van der Waals surface area contributed by atoms with E-state index in [2.05, 4.69) is 21.5 Å². The Hall–Kier alpha value is -2.01. The molecule has 1 unspecified atom stereocenters. The van der Waals surface area contributed by atoms with Crippen molar-refractivity contribution in [2.45, 2.75) is 19.5 Å². The van der Waals surface area contributed by atoms with E-state index in [9.17, 15) is 0 Å². The molecule has 0 spiro atoms. The smallest absolute Gasteiger partial charge is 0.196 e. The Kier molecular flexibility index (Phi) is 3.36. The first-order valence-electron chi connectivity index (χ1n) is 6.55. The molecule has 5 nitrogen and oxygen atoms in total. The molecule has 0 saturated carbocycles. The first-order valence-corrected chi connectivity index (χ1v) is 6.93. The molecular weight excluding hydrogens is 274 g/mol. The third-order valence-corrected chi connectivity index (χ3v) is 3.77. The normalized spacial score (nSPS) is 18.4. The van der Waals surface area contributed by atoms with Crippen LogP contribution in [-0.2, 0) is 6.54 Å². The van der Waals surface area contributed by atoms with Gasteiger partial charge in [0.2, 0.25) is 0 Å². The maximum atomic E-state index is 6.05. The van der Waals surface area contributed by atoms with Crippen molar-refractivity contribution in [1.29, 1.82) is 0 Å². The summed E-state index contributed by atoms with van der Waals surface area (Å²) in [5.41, 5.74) is 8.16. The third kappa shape index (κ3) is 2.14. The number of aromatic nitrogens is 2. The summed E-state index contributed by atoms with van der Waals surface area (Å²) in [6.45, 7) is 3.61. The lowest BCUT2D eigenvalue weighted by Crippen LogP contribution is -2.36. The zero-order valence-corrected chi connectivity index (χ0v) is 12.0. The molecule has 0 bridgehead atoms. The summed E-state index contributed by atoms with van der Waals surface area (Å²) in [7, 11) is 0. The van der Waals surface area contributed by atoms with Crippen molar-refractivity contribution in [3.8, 4) is 0 Å². The van der Waals surface area contributed by atoms with Gasteiger partial charge in [0.1, 0.15) is 0 Å². The maximum Gasteiger partial charge on any atom is 0.196 e. The number of hydrogen-bond donors (Lipinski definition) is 1. The van der Waals surface area contributed by atoms with E-state index < -0.39 is 0 Å². The van der Waals surface area contributed by atoms with Gasteiger partial charge in [-0.15, -0.1) is 0 Å². The second kappa shape index (κ2) is 5.17. The average Bonchev–Trinajstić information content (AvgIpc) is 3.05. The zero-order valence-electron chi connectivity index (χ0n) is 11.2.